The molecule has 0 aliphatic rings. The van der Waals surface area contributed by atoms with Crippen LogP contribution in [0.2, 0.25) is 0 Å². The van der Waals surface area contributed by atoms with Crippen molar-refractivity contribution in [3.05, 3.63) is 18.2 Å². The van der Waals surface area contributed by atoms with E-state index in [4.69, 9.17) is 27.1 Å². The van der Waals surface area contributed by atoms with E-state index in [1.165, 1.54) is 0 Å². The van der Waals surface area contributed by atoms with Crippen molar-refractivity contribution in [1.82, 2.24) is 0 Å². The minimum Gasteiger partial charge on any atom is -0.497 e. The topological polar surface area (TPSA) is 47.7 Å². The molecule has 1 aromatic carbocycles. The highest BCUT2D eigenvalue weighted by Crippen LogP contribution is 2.27. The normalized spacial score (nSPS) is 9.54. The van der Waals surface area contributed by atoms with Crippen molar-refractivity contribution in [2.45, 2.75) is 0 Å². The number of hydrazine groups is 1. The third-order valence-electron chi connectivity index (χ3n) is 1.58. The fourth-order valence-corrected chi connectivity index (χ4v) is 1.01. The van der Waals surface area contributed by atoms with Gasteiger partial charge in [-0.2, -0.15) is 0 Å². The van der Waals surface area contributed by atoms with Gasteiger partial charge in [0.1, 0.15) is 11.5 Å². The molecule has 0 amide bonds. The molecule has 0 atom stereocenters. The number of methoxy groups -OCH3 is 2. The Morgan fingerprint density at radius 1 is 1.15 bits per heavy atom. The van der Waals surface area contributed by atoms with Crippen LogP contribution in [-0.2, 0) is 0 Å². The summed E-state index contributed by atoms with van der Waals surface area (Å²) in [4.78, 5) is 0. The summed E-state index contributed by atoms with van der Waals surface area (Å²) in [5.74, 6) is 6.64. The Bertz CT molecular complexity index is 269. The van der Waals surface area contributed by atoms with Crippen molar-refractivity contribution < 1.29 is 9.47 Å². The molecule has 0 bridgehead atoms. The molecule has 1 rings (SSSR count). The summed E-state index contributed by atoms with van der Waals surface area (Å²) >= 11 is 5.56. The van der Waals surface area contributed by atoms with Gasteiger partial charge in [-0.3, -0.25) is 0 Å². The van der Waals surface area contributed by atoms with E-state index in [-0.39, 0.29) is 0 Å². The van der Waals surface area contributed by atoms with Gasteiger partial charge in [0.25, 0.3) is 0 Å². The van der Waals surface area contributed by atoms with Crippen LogP contribution in [0.5, 0.6) is 11.5 Å². The van der Waals surface area contributed by atoms with Crippen molar-refractivity contribution in [3.63, 3.8) is 0 Å². The smallest absolute Gasteiger partial charge is 0.124 e. The molecule has 0 aromatic heterocycles. The second kappa shape index (κ2) is 4.20. The monoisotopic (exact) mass is 202 g/mol. The molecule has 13 heavy (non-hydrogen) atoms. The quantitative estimate of drug-likeness (QED) is 0.459. The summed E-state index contributed by atoms with van der Waals surface area (Å²) < 4.78 is 11.0. The molecule has 72 valence electrons. The minimum atomic E-state index is 0.609. The van der Waals surface area contributed by atoms with Gasteiger partial charge in [-0.1, -0.05) is 0 Å². The molecule has 1 aromatic rings. The first-order chi connectivity index (χ1) is 6.17. The molecule has 0 fully saturated rings. The SMILES string of the molecule is COc1cc(OC)cc(N(N)Cl)c1. The van der Waals surface area contributed by atoms with Crippen molar-refractivity contribution in [2.75, 3.05) is 18.7 Å². The highest BCUT2D eigenvalue weighted by molar-refractivity contribution is 6.24. The van der Waals surface area contributed by atoms with Gasteiger partial charge in [0.15, 0.2) is 0 Å². The number of benzene rings is 1. The maximum absolute atomic E-state index is 5.56. The van der Waals surface area contributed by atoms with E-state index in [1.54, 1.807) is 32.4 Å². The second-order valence-electron chi connectivity index (χ2n) is 2.38. The maximum Gasteiger partial charge on any atom is 0.124 e. The number of hydrogen-bond acceptors (Lipinski definition) is 4. The van der Waals surface area contributed by atoms with Gasteiger partial charge < -0.3 is 9.47 Å². The molecule has 0 saturated carbocycles. The number of hydrogen-bond donors (Lipinski definition) is 1. The Balaban J connectivity index is 3.07. The molecule has 4 nitrogen and oxygen atoms in total. The zero-order valence-electron chi connectivity index (χ0n) is 7.45. The summed E-state index contributed by atoms with van der Waals surface area (Å²) in [7, 11) is 3.13. The zero-order chi connectivity index (χ0) is 9.84. The van der Waals surface area contributed by atoms with Gasteiger partial charge in [0, 0.05) is 30.0 Å². The molecule has 0 heterocycles. The number of rotatable bonds is 3. The second-order valence-corrected chi connectivity index (χ2v) is 2.75. The predicted octanol–water partition coefficient (Wildman–Crippen LogP) is 1.54. The third-order valence-corrected chi connectivity index (χ3v) is 1.78. The lowest BCUT2D eigenvalue weighted by molar-refractivity contribution is 0.394. The van der Waals surface area contributed by atoms with E-state index in [1.807, 2.05) is 0 Å². The van der Waals surface area contributed by atoms with Crippen molar-refractivity contribution in [2.24, 2.45) is 5.84 Å². The Morgan fingerprint density at radius 2 is 1.62 bits per heavy atom. The number of anilines is 1. The molecule has 0 aliphatic heterocycles. The summed E-state index contributed by atoms with van der Waals surface area (Å²) in [6, 6.07) is 5.15. The van der Waals surface area contributed by atoms with E-state index in [0.29, 0.717) is 17.2 Å². The number of ether oxygens (including phenoxy) is 2. The zero-order valence-corrected chi connectivity index (χ0v) is 8.21. The van der Waals surface area contributed by atoms with Crippen LogP contribution in [0.25, 0.3) is 0 Å². The van der Waals surface area contributed by atoms with Gasteiger partial charge in [0.2, 0.25) is 0 Å². The largest absolute Gasteiger partial charge is 0.497 e. The third kappa shape index (κ3) is 2.40. The van der Waals surface area contributed by atoms with Crippen molar-refractivity contribution in [3.8, 4) is 11.5 Å². The predicted molar refractivity (Wildman–Crippen MR) is 52.1 cm³/mol. The van der Waals surface area contributed by atoms with E-state index in [9.17, 15) is 0 Å². The fraction of sp³-hybridized carbons (Fsp3) is 0.250. The first-order valence-corrected chi connectivity index (χ1v) is 3.95. The number of halogens is 1. The lowest BCUT2D eigenvalue weighted by Gasteiger charge is -2.11. The maximum atomic E-state index is 5.56. The Labute approximate surface area is 81.9 Å². The highest BCUT2D eigenvalue weighted by atomic mass is 35.5. The van der Waals surface area contributed by atoms with Crippen molar-refractivity contribution >= 4 is 17.5 Å². The van der Waals surface area contributed by atoms with Crippen LogP contribution >= 0.6 is 11.8 Å². The summed E-state index contributed by atoms with van der Waals surface area (Å²) in [6.45, 7) is 0. The number of nitrogens with two attached hydrogens (primary N) is 1. The molecule has 0 unspecified atom stereocenters. The van der Waals surface area contributed by atoms with Crippen LogP contribution < -0.4 is 19.8 Å². The Hall–Kier alpha value is -1.13. The highest BCUT2D eigenvalue weighted by Gasteiger charge is 2.04. The minimum absolute atomic E-state index is 0.609. The molecule has 0 aliphatic carbocycles. The van der Waals surface area contributed by atoms with Crippen LogP contribution in [-0.4, -0.2) is 14.2 Å². The van der Waals surface area contributed by atoms with Gasteiger partial charge in [-0.05, 0) is 0 Å². The van der Waals surface area contributed by atoms with Crippen LogP contribution in [0.4, 0.5) is 5.69 Å². The van der Waals surface area contributed by atoms with E-state index in [2.05, 4.69) is 0 Å². The van der Waals surface area contributed by atoms with E-state index < -0.39 is 0 Å². The van der Waals surface area contributed by atoms with Crippen LogP contribution in [0, 0.1) is 0 Å². The Morgan fingerprint density at radius 3 is 1.92 bits per heavy atom. The number of nitrogens with zero attached hydrogens (tertiary/aromatic N) is 1. The molecule has 0 radical (unpaired) electrons. The van der Waals surface area contributed by atoms with Crippen LogP contribution in [0.3, 0.4) is 0 Å². The fourth-order valence-electron chi connectivity index (χ4n) is 0.916. The summed E-state index contributed by atoms with van der Waals surface area (Å²) in [5.41, 5.74) is 0.609. The van der Waals surface area contributed by atoms with Crippen LogP contribution in [0.1, 0.15) is 0 Å². The lowest BCUT2D eigenvalue weighted by atomic mass is 10.3. The molecule has 0 saturated heterocycles. The molecular weight excluding hydrogens is 192 g/mol. The first kappa shape index (κ1) is 9.95. The average molecular weight is 203 g/mol. The average Bonchev–Trinajstić information content (AvgIpc) is 2.16. The van der Waals surface area contributed by atoms with Gasteiger partial charge >= 0.3 is 0 Å². The van der Waals surface area contributed by atoms with Gasteiger partial charge in [-0.25, -0.2) is 10.4 Å². The standard InChI is InChI=1S/C8H11ClN2O2/c1-12-7-3-6(11(9)10)4-8(5-7)13-2/h3-5H,10H2,1-2H3. The molecule has 2 N–H and O–H groups in total. The molecule has 0 spiro atoms. The first-order valence-electron chi connectivity index (χ1n) is 3.61. The van der Waals surface area contributed by atoms with E-state index >= 15 is 0 Å². The summed E-state index contributed by atoms with van der Waals surface area (Å²) in [5, 5.41) is 0. The molecular formula is C8H11ClN2O2. The van der Waals surface area contributed by atoms with Crippen LogP contribution in [0.15, 0.2) is 18.2 Å². The Kier molecular flexibility index (Phi) is 3.22. The molecule has 5 heteroatoms. The van der Waals surface area contributed by atoms with E-state index in [0.717, 1.165) is 4.53 Å². The lowest BCUT2D eigenvalue weighted by Crippen LogP contribution is -2.18. The van der Waals surface area contributed by atoms with Gasteiger partial charge in [-0.15, -0.1) is 0 Å². The van der Waals surface area contributed by atoms with Gasteiger partial charge in [0.05, 0.1) is 19.9 Å². The summed E-state index contributed by atoms with van der Waals surface area (Å²) in [6.07, 6.45) is 0. The van der Waals surface area contributed by atoms with Crippen molar-refractivity contribution in [1.29, 1.82) is 0 Å².